The van der Waals surface area contributed by atoms with Crippen LogP contribution in [0.4, 0.5) is 27.8 Å². The van der Waals surface area contributed by atoms with Crippen LogP contribution in [0.5, 0.6) is 0 Å². The number of aromatic nitrogens is 1. The lowest BCUT2D eigenvalue weighted by Gasteiger charge is -2.11. The second-order valence-corrected chi connectivity index (χ2v) is 4.91. The molecule has 128 valence electrons. The topological polar surface area (TPSA) is 68.0 Å². The first-order chi connectivity index (χ1) is 11.2. The number of amides is 1. The molecule has 0 aliphatic carbocycles. The van der Waals surface area contributed by atoms with Crippen LogP contribution in [0.1, 0.15) is 21.5 Å². The van der Waals surface area contributed by atoms with Crippen LogP contribution in [0, 0.1) is 11.6 Å². The molecule has 0 spiro atoms. The summed E-state index contributed by atoms with van der Waals surface area (Å²) in [5, 5.41) is 2.36. The summed E-state index contributed by atoms with van der Waals surface area (Å²) in [5.41, 5.74) is 4.34. The van der Waals surface area contributed by atoms with Crippen LogP contribution < -0.4 is 11.1 Å². The Balaban J connectivity index is 2.03. The van der Waals surface area contributed by atoms with Crippen LogP contribution in [0.15, 0.2) is 30.5 Å². The molecule has 1 amide bonds. The van der Waals surface area contributed by atoms with Gasteiger partial charge in [0.25, 0.3) is 5.91 Å². The summed E-state index contributed by atoms with van der Waals surface area (Å²) < 4.78 is 63.7. The molecule has 0 fully saturated rings. The van der Waals surface area contributed by atoms with E-state index in [0.717, 1.165) is 12.1 Å². The van der Waals surface area contributed by atoms with E-state index < -0.39 is 34.8 Å². The molecule has 1 aromatic carbocycles. The van der Waals surface area contributed by atoms with Gasteiger partial charge in [-0.15, -0.1) is 0 Å². The van der Waals surface area contributed by atoms with E-state index in [1.807, 2.05) is 0 Å². The Morgan fingerprint density at radius 3 is 2.50 bits per heavy atom. The molecule has 9 heteroatoms. The first kappa shape index (κ1) is 17.6. The third-order valence-corrected chi connectivity index (χ3v) is 3.17. The molecule has 0 radical (unpaired) electrons. The van der Waals surface area contributed by atoms with E-state index in [0.29, 0.717) is 17.8 Å². The lowest BCUT2D eigenvalue weighted by atomic mass is 10.1. The zero-order valence-electron chi connectivity index (χ0n) is 12.1. The first-order valence-electron chi connectivity index (χ1n) is 6.73. The highest BCUT2D eigenvalue weighted by Gasteiger charge is 2.32. The van der Waals surface area contributed by atoms with Crippen molar-refractivity contribution in [3.05, 3.63) is 58.8 Å². The number of halogens is 5. The summed E-state index contributed by atoms with van der Waals surface area (Å²) in [6, 6.07) is 3.86. The molecule has 4 nitrogen and oxygen atoms in total. The number of benzene rings is 1. The van der Waals surface area contributed by atoms with Gasteiger partial charge in [-0.1, -0.05) is 6.07 Å². The van der Waals surface area contributed by atoms with Crippen molar-refractivity contribution in [1.29, 1.82) is 0 Å². The zero-order chi connectivity index (χ0) is 17.9. The number of carbonyl (C=O) groups excluding carboxylic acids is 1. The van der Waals surface area contributed by atoms with E-state index in [9.17, 15) is 26.7 Å². The second-order valence-electron chi connectivity index (χ2n) is 4.91. The van der Waals surface area contributed by atoms with Gasteiger partial charge in [-0.3, -0.25) is 4.79 Å². The first-order valence-corrected chi connectivity index (χ1v) is 6.73. The van der Waals surface area contributed by atoms with Gasteiger partial charge in [0.2, 0.25) is 0 Å². The van der Waals surface area contributed by atoms with Gasteiger partial charge in [0.05, 0.1) is 11.1 Å². The number of nitrogens with one attached hydrogen (secondary N) is 1. The summed E-state index contributed by atoms with van der Waals surface area (Å²) in [6.07, 6.45) is -3.95. The largest absolute Gasteiger partial charge is 0.417 e. The van der Waals surface area contributed by atoms with Crippen molar-refractivity contribution in [3.8, 4) is 0 Å². The minimum atomic E-state index is -4.65. The van der Waals surface area contributed by atoms with Crippen LogP contribution in [0.3, 0.4) is 0 Å². The molecule has 3 N–H and O–H groups in total. The lowest BCUT2D eigenvalue weighted by molar-refractivity contribution is -0.137. The van der Waals surface area contributed by atoms with Gasteiger partial charge in [0.1, 0.15) is 5.82 Å². The number of carbonyl (C=O) groups is 1. The third kappa shape index (κ3) is 4.18. The van der Waals surface area contributed by atoms with Gasteiger partial charge in [0, 0.05) is 12.7 Å². The van der Waals surface area contributed by atoms with E-state index in [1.54, 1.807) is 0 Å². The molecular formula is C15H12F5N3O. The van der Waals surface area contributed by atoms with Gasteiger partial charge in [-0.2, -0.15) is 13.2 Å². The van der Waals surface area contributed by atoms with E-state index in [4.69, 9.17) is 5.73 Å². The highest BCUT2D eigenvalue weighted by atomic mass is 19.4. The summed E-state index contributed by atoms with van der Waals surface area (Å²) in [4.78, 5) is 15.3. The van der Waals surface area contributed by atoms with E-state index in [1.165, 1.54) is 6.07 Å². The highest BCUT2D eigenvalue weighted by Crippen LogP contribution is 2.30. The Morgan fingerprint density at radius 2 is 1.88 bits per heavy atom. The van der Waals surface area contributed by atoms with Crippen molar-refractivity contribution < 1.29 is 26.7 Å². The SMILES string of the molecule is Nc1ncc(C(F)(F)F)cc1C(=O)NCCc1ccc(F)c(F)c1. The molecule has 0 saturated carbocycles. The Morgan fingerprint density at radius 1 is 1.17 bits per heavy atom. The fraction of sp³-hybridized carbons (Fsp3) is 0.200. The number of rotatable bonds is 4. The quantitative estimate of drug-likeness (QED) is 0.838. The van der Waals surface area contributed by atoms with Crippen LogP contribution in [-0.2, 0) is 12.6 Å². The Labute approximate surface area is 133 Å². The summed E-state index contributed by atoms with van der Waals surface area (Å²) in [5.74, 6) is -3.20. The summed E-state index contributed by atoms with van der Waals surface area (Å²) in [7, 11) is 0. The molecule has 0 saturated heterocycles. The Kier molecular flexibility index (Phi) is 5.01. The van der Waals surface area contributed by atoms with E-state index in [2.05, 4.69) is 10.3 Å². The number of hydrogen-bond acceptors (Lipinski definition) is 3. The fourth-order valence-electron chi connectivity index (χ4n) is 1.92. The average Bonchev–Trinajstić information content (AvgIpc) is 2.50. The van der Waals surface area contributed by atoms with Crippen molar-refractivity contribution in [2.75, 3.05) is 12.3 Å². The number of alkyl halides is 3. The highest BCUT2D eigenvalue weighted by molar-refractivity contribution is 5.98. The molecule has 24 heavy (non-hydrogen) atoms. The third-order valence-electron chi connectivity index (χ3n) is 3.17. The minimum absolute atomic E-state index is 0.000406. The molecule has 0 aliphatic heterocycles. The Hall–Kier alpha value is -2.71. The molecule has 0 atom stereocenters. The van der Waals surface area contributed by atoms with Crippen LogP contribution in [0.2, 0.25) is 0 Å². The van der Waals surface area contributed by atoms with Crippen molar-refractivity contribution in [2.45, 2.75) is 12.6 Å². The molecule has 2 aromatic rings. The molecule has 0 aliphatic rings. The number of hydrogen-bond donors (Lipinski definition) is 2. The van der Waals surface area contributed by atoms with Crippen LogP contribution in [0.25, 0.3) is 0 Å². The number of nitrogen functional groups attached to an aromatic ring is 1. The maximum absolute atomic E-state index is 13.0. The molecule has 1 aromatic heterocycles. The molecule has 2 rings (SSSR count). The molecular weight excluding hydrogens is 333 g/mol. The van der Waals surface area contributed by atoms with Gasteiger partial charge in [-0.05, 0) is 30.2 Å². The van der Waals surface area contributed by atoms with E-state index >= 15 is 0 Å². The van der Waals surface area contributed by atoms with Crippen LogP contribution >= 0.6 is 0 Å². The number of nitrogens with two attached hydrogens (primary N) is 1. The molecule has 1 heterocycles. The van der Waals surface area contributed by atoms with Crippen molar-refractivity contribution in [2.24, 2.45) is 0 Å². The lowest BCUT2D eigenvalue weighted by Crippen LogP contribution is -2.27. The number of pyridine rings is 1. The predicted octanol–water partition coefficient (Wildman–Crippen LogP) is 2.93. The summed E-state index contributed by atoms with van der Waals surface area (Å²) >= 11 is 0. The standard InChI is InChI=1S/C15H12F5N3O/c16-11-2-1-8(5-12(11)17)3-4-22-14(24)10-6-9(15(18,19)20)7-23-13(10)21/h1-2,5-7H,3-4H2,(H2,21,23)(H,22,24). The van der Waals surface area contributed by atoms with Crippen molar-refractivity contribution in [3.63, 3.8) is 0 Å². The predicted molar refractivity (Wildman–Crippen MR) is 76.0 cm³/mol. The van der Waals surface area contributed by atoms with E-state index in [-0.39, 0.29) is 18.8 Å². The number of anilines is 1. The smallest absolute Gasteiger partial charge is 0.383 e. The van der Waals surface area contributed by atoms with Gasteiger partial charge < -0.3 is 11.1 Å². The van der Waals surface area contributed by atoms with Crippen molar-refractivity contribution >= 4 is 11.7 Å². The monoisotopic (exact) mass is 345 g/mol. The maximum Gasteiger partial charge on any atom is 0.417 e. The maximum atomic E-state index is 13.0. The average molecular weight is 345 g/mol. The second kappa shape index (κ2) is 6.81. The van der Waals surface area contributed by atoms with Gasteiger partial charge in [-0.25, -0.2) is 13.8 Å². The molecule has 0 unspecified atom stereocenters. The van der Waals surface area contributed by atoms with Crippen LogP contribution in [-0.4, -0.2) is 17.4 Å². The fourth-order valence-corrected chi connectivity index (χ4v) is 1.92. The van der Waals surface area contributed by atoms with Gasteiger partial charge >= 0.3 is 6.18 Å². The number of nitrogens with zero attached hydrogens (tertiary/aromatic N) is 1. The van der Waals surface area contributed by atoms with Crippen molar-refractivity contribution in [1.82, 2.24) is 10.3 Å². The Bertz CT molecular complexity index is 761. The zero-order valence-corrected chi connectivity index (χ0v) is 12.1. The summed E-state index contributed by atoms with van der Waals surface area (Å²) in [6.45, 7) is -0.000406. The molecule has 0 bridgehead atoms. The normalized spacial score (nSPS) is 11.4. The minimum Gasteiger partial charge on any atom is -0.383 e. The van der Waals surface area contributed by atoms with Gasteiger partial charge in [0.15, 0.2) is 11.6 Å².